The molecule has 2 aromatic rings. The molecule has 0 saturated heterocycles. The molecule has 0 aliphatic heterocycles. The van der Waals surface area contributed by atoms with Crippen molar-refractivity contribution >= 4 is 6.21 Å². The molecular weight excluding hydrogens is 382 g/mol. The van der Waals surface area contributed by atoms with E-state index in [4.69, 9.17) is 23.8 Å². The van der Waals surface area contributed by atoms with E-state index >= 15 is 0 Å². The normalized spacial score (nSPS) is 11.1. The van der Waals surface area contributed by atoms with Crippen molar-refractivity contribution < 1.29 is 23.8 Å². The summed E-state index contributed by atoms with van der Waals surface area (Å²) < 4.78 is 23.0. The molecule has 0 bridgehead atoms. The highest BCUT2D eigenvalue weighted by atomic mass is 16.6. The largest absolute Gasteiger partial charge is 0.493 e. The molecule has 0 aromatic heterocycles. The summed E-state index contributed by atoms with van der Waals surface area (Å²) in [6.07, 6.45) is 6.31. The van der Waals surface area contributed by atoms with E-state index in [9.17, 15) is 0 Å². The molecule has 2 aromatic carbocycles. The molecule has 0 fully saturated rings. The first kappa shape index (κ1) is 23.1. The van der Waals surface area contributed by atoms with Crippen molar-refractivity contribution in [3.8, 4) is 23.0 Å². The first-order valence-electron chi connectivity index (χ1n) is 9.94. The van der Waals surface area contributed by atoms with Gasteiger partial charge in [0.05, 0.1) is 26.5 Å². The predicted molar refractivity (Wildman–Crippen MR) is 119 cm³/mol. The molecule has 0 spiro atoms. The van der Waals surface area contributed by atoms with Gasteiger partial charge in [-0.05, 0) is 62.2 Å². The van der Waals surface area contributed by atoms with E-state index in [1.807, 2.05) is 63.3 Å². The number of allylic oxidation sites excluding steroid dienone is 1. The molecule has 0 radical (unpaired) electrons. The number of benzene rings is 2. The second-order valence-corrected chi connectivity index (χ2v) is 6.64. The average Bonchev–Trinajstić information content (AvgIpc) is 2.74. The van der Waals surface area contributed by atoms with E-state index in [1.165, 1.54) is 7.11 Å². The second-order valence-electron chi connectivity index (χ2n) is 6.64. The van der Waals surface area contributed by atoms with Gasteiger partial charge in [-0.1, -0.05) is 17.3 Å². The number of oxime groups is 1. The van der Waals surface area contributed by atoms with E-state index < -0.39 is 0 Å². The Morgan fingerprint density at radius 1 is 0.900 bits per heavy atom. The minimum Gasteiger partial charge on any atom is -0.493 e. The van der Waals surface area contributed by atoms with Gasteiger partial charge in [0.25, 0.3) is 0 Å². The lowest BCUT2D eigenvalue weighted by Crippen LogP contribution is -2.07. The van der Waals surface area contributed by atoms with Crippen molar-refractivity contribution in [2.24, 2.45) is 5.16 Å². The molecule has 0 amide bonds. The summed E-state index contributed by atoms with van der Waals surface area (Å²) in [7, 11) is 3.11. The van der Waals surface area contributed by atoms with Gasteiger partial charge >= 0.3 is 0 Å². The number of ether oxygens (including phenoxy) is 4. The van der Waals surface area contributed by atoms with Gasteiger partial charge in [-0.25, -0.2) is 0 Å². The van der Waals surface area contributed by atoms with Crippen molar-refractivity contribution in [3.05, 3.63) is 59.2 Å². The molecule has 2 rings (SSSR count). The predicted octanol–water partition coefficient (Wildman–Crippen LogP) is 5.10. The highest BCUT2D eigenvalue weighted by molar-refractivity contribution is 5.80. The van der Waals surface area contributed by atoms with Crippen LogP contribution < -0.4 is 18.9 Å². The van der Waals surface area contributed by atoms with Crippen LogP contribution in [0.15, 0.2) is 47.6 Å². The van der Waals surface area contributed by atoms with Gasteiger partial charge in [0.15, 0.2) is 11.5 Å². The number of aryl methyl sites for hydroxylation is 2. The van der Waals surface area contributed by atoms with Crippen LogP contribution in [0.4, 0.5) is 0 Å². The van der Waals surface area contributed by atoms with Crippen LogP contribution in [0, 0.1) is 13.8 Å². The van der Waals surface area contributed by atoms with Gasteiger partial charge in [0, 0.05) is 12.0 Å². The summed E-state index contributed by atoms with van der Waals surface area (Å²) in [5, 5.41) is 3.75. The average molecular weight is 414 g/mol. The number of rotatable bonds is 12. The zero-order valence-corrected chi connectivity index (χ0v) is 18.4. The Labute approximate surface area is 179 Å². The summed E-state index contributed by atoms with van der Waals surface area (Å²) in [6.45, 7) is 7.67. The van der Waals surface area contributed by atoms with Gasteiger partial charge in [-0.3, -0.25) is 0 Å². The van der Waals surface area contributed by atoms with Crippen molar-refractivity contribution in [1.29, 1.82) is 0 Å². The summed E-state index contributed by atoms with van der Waals surface area (Å²) in [5.74, 6) is 3.08. The van der Waals surface area contributed by atoms with Crippen molar-refractivity contribution in [2.45, 2.75) is 27.2 Å². The first-order valence-corrected chi connectivity index (χ1v) is 9.94. The van der Waals surface area contributed by atoms with Gasteiger partial charge in [-0.2, -0.15) is 0 Å². The Morgan fingerprint density at radius 3 is 2.30 bits per heavy atom. The Bertz CT molecular complexity index is 838. The van der Waals surface area contributed by atoms with Crippen molar-refractivity contribution in [2.75, 3.05) is 34.0 Å². The number of hydrogen-bond acceptors (Lipinski definition) is 6. The monoisotopic (exact) mass is 413 g/mol. The third kappa shape index (κ3) is 7.03. The molecule has 6 nitrogen and oxygen atoms in total. The van der Waals surface area contributed by atoms with E-state index in [-0.39, 0.29) is 0 Å². The molecule has 0 atom stereocenters. The molecular formula is C24H31NO5. The molecule has 0 aliphatic rings. The van der Waals surface area contributed by atoms with Crippen LogP contribution in [0.3, 0.4) is 0 Å². The van der Waals surface area contributed by atoms with Crippen LogP contribution in [-0.4, -0.2) is 40.3 Å². The van der Waals surface area contributed by atoms with Crippen molar-refractivity contribution in [1.82, 2.24) is 0 Å². The van der Waals surface area contributed by atoms with E-state index in [1.54, 1.807) is 13.3 Å². The lowest BCUT2D eigenvalue weighted by atomic mass is 10.1. The van der Waals surface area contributed by atoms with Crippen LogP contribution >= 0.6 is 0 Å². The first-order chi connectivity index (χ1) is 14.6. The van der Waals surface area contributed by atoms with Crippen LogP contribution in [0.1, 0.15) is 30.0 Å². The topological polar surface area (TPSA) is 58.5 Å². The maximum atomic E-state index is 5.99. The Morgan fingerprint density at radius 2 is 1.63 bits per heavy atom. The van der Waals surface area contributed by atoms with Gasteiger partial charge in [0.2, 0.25) is 0 Å². The number of methoxy groups -OCH3 is 1. The van der Waals surface area contributed by atoms with Crippen LogP contribution in [0.25, 0.3) is 0 Å². The smallest absolute Gasteiger partial charge is 0.161 e. The lowest BCUT2D eigenvalue weighted by molar-refractivity contribution is 0.215. The summed E-state index contributed by atoms with van der Waals surface area (Å²) >= 11 is 0. The molecule has 0 aliphatic carbocycles. The number of nitrogens with zero attached hydrogens (tertiary/aromatic N) is 1. The van der Waals surface area contributed by atoms with Crippen LogP contribution in [-0.2, 0) is 4.84 Å². The minimum atomic E-state index is 0.518. The Balaban J connectivity index is 1.85. The molecule has 0 unspecified atom stereocenters. The zero-order chi connectivity index (χ0) is 21.8. The summed E-state index contributed by atoms with van der Waals surface area (Å²) in [4.78, 5) is 4.70. The zero-order valence-electron chi connectivity index (χ0n) is 18.4. The second kappa shape index (κ2) is 12.4. The Kier molecular flexibility index (Phi) is 9.58. The number of hydrogen-bond donors (Lipinski definition) is 0. The third-order valence-electron chi connectivity index (χ3n) is 4.30. The van der Waals surface area contributed by atoms with Gasteiger partial charge < -0.3 is 23.8 Å². The van der Waals surface area contributed by atoms with Gasteiger partial charge in [-0.15, -0.1) is 0 Å². The standard InChI is InChI=1S/C24H31NO5/c1-6-7-11-28-21-14-18(2)24(19(3)15-21)30-13-8-12-29-22-10-9-20(17-25-27-5)16-23(22)26-4/h6-7,9-10,14-17H,8,11-13H2,1-5H3/b7-6+,25-17?. The molecule has 6 heteroatoms. The summed E-state index contributed by atoms with van der Waals surface area (Å²) in [5.41, 5.74) is 2.98. The molecule has 30 heavy (non-hydrogen) atoms. The maximum Gasteiger partial charge on any atom is 0.161 e. The van der Waals surface area contributed by atoms with Crippen LogP contribution in [0.5, 0.6) is 23.0 Å². The summed E-state index contributed by atoms with van der Waals surface area (Å²) in [6, 6.07) is 9.60. The minimum absolute atomic E-state index is 0.518. The fourth-order valence-corrected chi connectivity index (χ4v) is 2.87. The fourth-order valence-electron chi connectivity index (χ4n) is 2.87. The van der Waals surface area contributed by atoms with E-state index in [2.05, 4.69) is 5.16 Å². The molecule has 0 heterocycles. The highest BCUT2D eigenvalue weighted by Crippen LogP contribution is 2.29. The van der Waals surface area contributed by atoms with E-state index in [0.717, 1.165) is 34.6 Å². The maximum absolute atomic E-state index is 5.99. The SMILES string of the molecule is C/C=C/COc1cc(C)c(OCCCOc2ccc(C=NOC)cc2OC)c(C)c1. The third-order valence-corrected chi connectivity index (χ3v) is 4.30. The van der Waals surface area contributed by atoms with Crippen molar-refractivity contribution in [3.63, 3.8) is 0 Å². The molecule has 0 N–H and O–H groups in total. The molecule has 0 saturated carbocycles. The van der Waals surface area contributed by atoms with E-state index in [0.29, 0.717) is 31.3 Å². The highest BCUT2D eigenvalue weighted by Gasteiger charge is 2.08. The lowest BCUT2D eigenvalue weighted by Gasteiger charge is -2.15. The quantitative estimate of drug-likeness (QED) is 0.210. The molecule has 162 valence electrons. The fraction of sp³-hybridized carbons (Fsp3) is 0.375. The Hall–Kier alpha value is -3.15. The van der Waals surface area contributed by atoms with Gasteiger partial charge in [0.1, 0.15) is 25.2 Å². The van der Waals surface area contributed by atoms with Crippen LogP contribution in [0.2, 0.25) is 0 Å².